The number of nitrogens with one attached hydrogen (secondary N) is 1. The van der Waals surface area contributed by atoms with Crippen molar-refractivity contribution in [1.82, 2.24) is 5.32 Å². The monoisotopic (exact) mass is 310 g/mol. The summed E-state index contributed by atoms with van der Waals surface area (Å²) in [5.41, 5.74) is 2.92. The number of benzene rings is 2. The number of carbonyl (C=O) groups excluding carboxylic acids is 1. The second-order valence-corrected chi connectivity index (χ2v) is 5.87. The van der Waals surface area contributed by atoms with Crippen molar-refractivity contribution >= 4 is 11.6 Å². The van der Waals surface area contributed by atoms with Gasteiger partial charge < -0.3 is 15.0 Å². The molecule has 120 valence electrons. The van der Waals surface area contributed by atoms with E-state index in [1.807, 2.05) is 42.5 Å². The minimum Gasteiger partial charge on any atom is -0.380 e. The molecule has 1 atom stereocenters. The standard InChI is InChI=1S/C19H22N2O2/c1-23-14-15-6-5-7-16(12-15)19(22)20-17-10-11-21(13-17)18-8-3-2-4-9-18/h2-9,12,17H,10-11,13-14H2,1H3,(H,20,22)/t17-/m1/s1. The largest absolute Gasteiger partial charge is 0.380 e. The average Bonchev–Trinajstić information content (AvgIpc) is 3.05. The van der Waals surface area contributed by atoms with Gasteiger partial charge in [-0.25, -0.2) is 0 Å². The fourth-order valence-corrected chi connectivity index (χ4v) is 2.99. The molecular formula is C19H22N2O2. The molecule has 1 N–H and O–H groups in total. The Kier molecular flexibility index (Phi) is 4.93. The van der Waals surface area contributed by atoms with E-state index in [2.05, 4.69) is 22.3 Å². The van der Waals surface area contributed by atoms with Crippen molar-refractivity contribution in [3.05, 3.63) is 65.7 Å². The highest BCUT2D eigenvalue weighted by atomic mass is 16.5. The normalized spacial score (nSPS) is 17.3. The van der Waals surface area contributed by atoms with Gasteiger partial charge in [-0.15, -0.1) is 0 Å². The highest BCUT2D eigenvalue weighted by Crippen LogP contribution is 2.20. The fourth-order valence-electron chi connectivity index (χ4n) is 2.99. The lowest BCUT2D eigenvalue weighted by atomic mass is 10.1. The first kappa shape index (κ1) is 15.6. The maximum Gasteiger partial charge on any atom is 0.251 e. The van der Waals surface area contributed by atoms with Crippen molar-refractivity contribution in [2.45, 2.75) is 19.1 Å². The molecule has 0 unspecified atom stereocenters. The number of rotatable bonds is 5. The van der Waals surface area contributed by atoms with Crippen LogP contribution in [-0.2, 0) is 11.3 Å². The highest BCUT2D eigenvalue weighted by Gasteiger charge is 2.24. The van der Waals surface area contributed by atoms with E-state index in [9.17, 15) is 4.79 Å². The van der Waals surface area contributed by atoms with Gasteiger partial charge in [-0.2, -0.15) is 0 Å². The van der Waals surface area contributed by atoms with Gasteiger partial charge in [-0.05, 0) is 36.2 Å². The minimum absolute atomic E-state index is 0.0112. The van der Waals surface area contributed by atoms with Gasteiger partial charge in [-0.1, -0.05) is 30.3 Å². The molecule has 2 aromatic carbocycles. The van der Waals surface area contributed by atoms with Gasteiger partial charge in [0.25, 0.3) is 5.91 Å². The van der Waals surface area contributed by atoms with Crippen LogP contribution in [0.15, 0.2) is 54.6 Å². The lowest BCUT2D eigenvalue weighted by Crippen LogP contribution is -2.37. The predicted octanol–water partition coefficient (Wildman–Crippen LogP) is 2.84. The van der Waals surface area contributed by atoms with Crippen LogP contribution in [0.5, 0.6) is 0 Å². The summed E-state index contributed by atoms with van der Waals surface area (Å²) in [6.07, 6.45) is 0.971. The van der Waals surface area contributed by atoms with Crippen LogP contribution >= 0.6 is 0 Å². The van der Waals surface area contributed by atoms with Crippen molar-refractivity contribution in [2.75, 3.05) is 25.1 Å². The van der Waals surface area contributed by atoms with Gasteiger partial charge in [0.1, 0.15) is 0 Å². The Morgan fingerprint density at radius 3 is 2.83 bits per heavy atom. The summed E-state index contributed by atoms with van der Waals surface area (Å²) in [5.74, 6) is -0.0112. The van der Waals surface area contributed by atoms with E-state index in [1.54, 1.807) is 7.11 Å². The smallest absolute Gasteiger partial charge is 0.251 e. The van der Waals surface area contributed by atoms with E-state index in [-0.39, 0.29) is 11.9 Å². The number of amides is 1. The Hall–Kier alpha value is -2.33. The zero-order chi connectivity index (χ0) is 16.1. The molecule has 1 heterocycles. The third kappa shape index (κ3) is 3.90. The molecule has 4 heteroatoms. The van der Waals surface area contributed by atoms with Crippen LogP contribution in [0.3, 0.4) is 0 Å². The molecule has 0 radical (unpaired) electrons. The van der Waals surface area contributed by atoms with E-state index < -0.39 is 0 Å². The maximum absolute atomic E-state index is 12.4. The van der Waals surface area contributed by atoms with Crippen molar-refractivity contribution in [2.24, 2.45) is 0 Å². The zero-order valence-electron chi connectivity index (χ0n) is 13.4. The number of nitrogens with zero attached hydrogens (tertiary/aromatic N) is 1. The average molecular weight is 310 g/mol. The second kappa shape index (κ2) is 7.29. The maximum atomic E-state index is 12.4. The van der Waals surface area contributed by atoms with Gasteiger partial charge in [0.15, 0.2) is 0 Å². The van der Waals surface area contributed by atoms with Crippen LogP contribution in [0, 0.1) is 0 Å². The van der Waals surface area contributed by atoms with E-state index in [1.165, 1.54) is 5.69 Å². The summed E-state index contributed by atoms with van der Waals surface area (Å²) in [6.45, 7) is 2.35. The van der Waals surface area contributed by atoms with Gasteiger partial charge in [0.05, 0.1) is 6.61 Å². The number of anilines is 1. The van der Waals surface area contributed by atoms with E-state index in [4.69, 9.17) is 4.74 Å². The molecule has 0 saturated carbocycles. The molecule has 1 saturated heterocycles. The third-order valence-electron chi connectivity index (χ3n) is 4.14. The number of para-hydroxylation sites is 1. The lowest BCUT2D eigenvalue weighted by Gasteiger charge is -2.19. The molecule has 1 amide bonds. The van der Waals surface area contributed by atoms with Gasteiger partial charge in [0, 0.05) is 37.5 Å². The van der Waals surface area contributed by atoms with Crippen LogP contribution in [-0.4, -0.2) is 32.1 Å². The number of methoxy groups -OCH3 is 1. The van der Waals surface area contributed by atoms with E-state index >= 15 is 0 Å². The van der Waals surface area contributed by atoms with Crippen LogP contribution < -0.4 is 10.2 Å². The quantitative estimate of drug-likeness (QED) is 0.923. The third-order valence-corrected chi connectivity index (χ3v) is 4.14. The molecule has 3 rings (SSSR count). The first-order chi connectivity index (χ1) is 11.3. The van der Waals surface area contributed by atoms with E-state index in [0.717, 1.165) is 25.1 Å². The highest BCUT2D eigenvalue weighted by molar-refractivity contribution is 5.94. The molecule has 0 aliphatic carbocycles. The second-order valence-electron chi connectivity index (χ2n) is 5.87. The molecule has 0 spiro atoms. The van der Waals surface area contributed by atoms with E-state index in [0.29, 0.717) is 12.2 Å². The van der Waals surface area contributed by atoms with Crippen molar-refractivity contribution in [3.8, 4) is 0 Å². The van der Waals surface area contributed by atoms with Gasteiger partial charge >= 0.3 is 0 Å². The topological polar surface area (TPSA) is 41.6 Å². The molecule has 0 aromatic heterocycles. The minimum atomic E-state index is -0.0112. The molecule has 0 bridgehead atoms. The Balaban J connectivity index is 1.60. The summed E-state index contributed by atoms with van der Waals surface area (Å²) in [6, 6.07) is 18.1. The summed E-state index contributed by atoms with van der Waals surface area (Å²) in [7, 11) is 1.66. The number of ether oxygens (including phenoxy) is 1. The first-order valence-electron chi connectivity index (χ1n) is 7.95. The lowest BCUT2D eigenvalue weighted by molar-refractivity contribution is 0.0940. The molecule has 2 aromatic rings. The van der Waals surface area contributed by atoms with Gasteiger partial charge in [-0.3, -0.25) is 4.79 Å². The Morgan fingerprint density at radius 1 is 1.22 bits per heavy atom. The van der Waals surface area contributed by atoms with Crippen molar-refractivity contribution in [3.63, 3.8) is 0 Å². The Bertz CT molecular complexity index is 657. The summed E-state index contributed by atoms with van der Waals surface area (Å²) in [4.78, 5) is 14.7. The molecular weight excluding hydrogens is 288 g/mol. The predicted molar refractivity (Wildman–Crippen MR) is 91.7 cm³/mol. The molecule has 4 nitrogen and oxygen atoms in total. The summed E-state index contributed by atoms with van der Waals surface area (Å²) in [5, 5.41) is 3.14. The van der Waals surface area contributed by atoms with Crippen molar-refractivity contribution in [1.29, 1.82) is 0 Å². The Labute approximate surface area is 137 Å². The van der Waals surface area contributed by atoms with Crippen LogP contribution in [0.4, 0.5) is 5.69 Å². The van der Waals surface area contributed by atoms with Gasteiger partial charge in [0.2, 0.25) is 0 Å². The number of hydrogen-bond donors (Lipinski definition) is 1. The molecule has 1 aliphatic heterocycles. The number of carbonyl (C=O) groups is 1. The first-order valence-corrected chi connectivity index (χ1v) is 7.95. The van der Waals surface area contributed by atoms with Crippen LogP contribution in [0.1, 0.15) is 22.3 Å². The van der Waals surface area contributed by atoms with Crippen molar-refractivity contribution < 1.29 is 9.53 Å². The molecule has 1 aliphatic rings. The zero-order valence-corrected chi connectivity index (χ0v) is 13.4. The SMILES string of the molecule is COCc1cccc(C(=O)N[C@@H]2CCN(c3ccccc3)C2)c1. The number of hydrogen-bond acceptors (Lipinski definition) is 3. The van der Waals surface area contributed by atoms with Crippen LogP contribution in [0.2, 0.25) is 0 Å². The Morgan fingerprint density at radius 2 is 2.04 bits per heavy atom. The fraction of sp³-hybridized carbons (Fsp3) is 0.316. The molecule has 23 heavy (non-hydrogen) atoms. The molecule has 1 fully saturated rings. The summed E-state index contributed by atoms with van der Waals surface area (Å²) >= 11 is 0. The van der Waals surface area contributed by atoms with Crippen LogP contribution in [0.25, 0.3) is 0 Å². The summed E-state index contributed by atoms with van der Waals surface area (Å²) < 4.78 is 5.12.